The van der Waals surface area contributed by atoms with Crippen molar-refractivity contribution in [1.82, 2.24) is 25.8 Å². The molecule has 3 aromatic heterocycles. The third-order valence-electron chi connectivity index (χ3n) is 4.45. The Hall–Kier alpha value is -2.57. The van der Waals surface area contributed by atoms with Crippen LogP contribution in [-0.2, 0) is 6.42 Å². The largest absolute Gasteiger partial charge is 0.386 e. The summed E-state index contributed by atoms with van der Waals surface area (Å²) < 4.78 is 6.42. The van der Waals surface area contributed by atoms with Gasteiger partial charge in [-0.2, -0.15) is 4.98 Å². The summed E-state index contributed by atoms with van der Waals surface area (Å²) >= 11 is 1.60. The van der Waals surface area contributed by atoms with Crippen molar-refractivity contribution in [2.45, 2.75) is 12.5 Å². The molecule has 0 fully saturated rings. The van der Waals surface area contributed by atoms with Crippen molar-refractivity contribution >= 4 is 51.4 Å². The van der Waals surface area contributed by atoms with Gasteiger partial charge in [-0.15, -0.1) is 35.3 Å². The molecule has 0 aliphatic carbocycles. The summed E-state index contributed by atoms with van der Waals surface area (Å²) in [5.74, 6) is 1.59. The van der Waals surface area contributed by atoms with Crippen molar-refractivity contribution < 1.29 is 9.63 Å². The number of aromatic nitrogens is 3. The molecule has 1 unspecified atom stereocenters. The van der Waals surface area contributed by atoms with Crippen molar-refractivity contribution in [3.05, 3.63) is 65.4 Å². The molecule has 1 aromatic carbocycles. The van der Waals surface area contributed by atoms with Crippen LogP contribution in [0.1, 0.15) is 16.8 Å². The first-order valence-corrected chi connectivity index (χ1v) is 10.4. The van der Waals surface area contributed by atoms with Gasteiger partial charge >= 0.3 is 0 Å². The third kappa shape index (κ3) is 5.99. The lowest BCUT2D eigenvalue weighted by atomic mass is 10.2. The van der Waals surface area contributed by atoms with Crippen molar-refractivity contribution in [3.8, 4) is 11.6 Å². The van der Waals surface area contributed by atoms with Crippen LogP contribution in [0.4, 0.5) is 0 Å². The smallest absolute Gasteiger partial charge is 0.276 e. The Kier molecular flexibility index (Phi) is 8.32. The number of aliphatic imine (C=N–C) groups is 1. The molecule has 31 heavy (non-hydrogen) atoms. The monoisotopic (exact) mass is 550 g/mol. The molecule has 0 bridgehead atoms. The number of nitrogens with zero attached hydrogens (tertiary/aromatic N) is 4. The standard InChI is InChI=1S/C21H22N6O2S.HI/c1-22-21(25-13-16(28)18-12-14-6-2-3-8-17(14)30-18)24-11-9-19-26-20(29-27-19)15-7-4-5-10-23-15;/h2-8,10,12,16,28H,9,11,13H2,1H3,(H2,22,24,25);1H. The van der Waals surface area contributed by atoms with E-state index in [-0.39, 0.29) is 24.0 Å². The maximum atomic E-state index is 10.5. The highest BCUT2D eigenvalue weighted by atomic mass is 127. The lowest BCUT2D eigenvalue weighted by Gasteiger charge is -2.14. The zero-order valence-corrected chi connectivity index (χ0v) is 20.0. The Bertz CT molecular complexity index is 1100. The van der Waals surface area contributed by atoms with Gasteiger partial charge in [-0.25, -0.2) is 0 Å². The predicted molar refractivity (Wildman–Crippen MR) is 133 cm³/mol. The molecule has 3 heterocycles. The summed E-state index contributed by atoms with van der Waals surface area (Å²) in [6.45, 7) is 0.929. The molecule has 4 rings (SSSR count). The number of guanidine groups is 1. The maximum Gasteiger partial charge on any atom is 0.276 e. The fourth-order valence-corrected chi connectivity index (χ4v) is 3.97. The number of benzene rings is 1. The second-order valence-electron chi connectivity index (χ2n) is 6.56. The minimum absolute atomic E-state index is 0. The number of thiophene rings is 1. The van der Waals surface area contributed by atoms with Crippen LogP contribution in [0.5, 0.6) is 0 Å². The van der Waals surface area contributed by atoms with E-state index in [0.717, 1.165) is 10.3 Å². The number of aliphatic hydroxyl groups excluding tert-OH is 1. The van der Waals surface area contributed by atoms with Gasteiger partial charge in [0.25, 0.3) is 5.89 Å². The normalized spacial score (nSPS) is 12.4. The highest BCUT2D eigenvalue weighted by molar-refractivity contribution is 14.0. The van der Waals surface area contributed by atoms with Crippen molar-refractivity contribution in [2.24, 2.45) is 4.99 Å². The Labute approximate surface area is 200 Å². The molecule has 0 spiro atoms. The summed E-state index contributed by atoms with van der Waals surface area (Å²) in [6, 6.07) is 15.7. The topological polar surface area (TPSA) is 108 Å². The van der Waals surface area contributed by atoms with E-state index in [0.29, 0.717) is 42.9 Å². The van der Waals surface area contributed by atoms with Gasteiger partial charge in [0.15, 0.2) is 11.8 Å². The first-order valence-electron chi connectivity index (χ1n) is 9.58. The quantitative estimate of drug-likeness (QED) is 0.184. The number of pyridine rings is 1. The first-order chi connectivity index (χ1) is 14.7. The van der Waals surface area contributed by atoms with Crippen LogP contribution >= 0.6 is 35.3 Å². The van der Waals surface area contributed by atoms with E-state index in [1.54, 1.807) is 24.6 Å². The molecule has 0 aliphatic heterocycles. The Morgan fingerprint density at radius 1 is 1.19 bits per heavy atom. The van der Waals surface area contributed by atoms with E-state index in [1.807, 2.05) is 42.5 Å². The molecule has 10 heteroatoms. The van der Waals surface area contributed by atoms with E-state index in [9.17, 15) is 5.11 Å². The van der Waals surface area contributed by atoms with E-state index in [4.69, 9.17) is 4.52 Å². The number of aliphatic hydroxyl groups is 1. The summed E-state index contributed by atoms with van der Waals surface area (Å²) in [5, 5.41) is 22.0. The van der Waals surface area contributed by atoms with Crippen molar-refractivity contribution in [3.63, 3.8) is 0 Å². The lowest BCUT2D eigenvalue weighted by Crippen LogP contribution is -2.40. The summed E-state index contributed by atoms with van der Waals surface area (Å²) in [4.78, 5) is 13.7. The van der Waals surface area contributed by atoms with Crippen LogP contribution in [0, 0.1) is 0 Å². The van der Waals surface area contributed by atoms with Crippen LogP contribution in [-0.4, -0.2) is 46.3 Å². The fraction of sp³-hybridized carbons (Fsp3) is 0.238. The molecule has 4 aromatic rings. The highest BCUT2D eigenvalue weighted by Crippen LogP contribution is 2.29. The van der Waals surface area contributed by atoms with Gasteiger partial charge in [0.1, 0.15) is 11.8 Å². The average Bonchev–Trinajstić information content (AvgIpc) is 3.43. The van der Waals surface area contributed by atoms with Gasteiger partial charge in [-0.1, -0.05) is 29.4 Å². The molecular formula is C21H23IN6O2S. The van der Waals surface area contributed by atoms with Gasteiger partial charge in [0.05, 0.1) is 0 Å². The van der Waals surface area contributed by atoms with Crippen LogP contribution in [0.25, 0.3) is 21.7 Å². The van der Waals surface area contributed by atoms with Gasteiger partial charge < -0.3 is 20.3 Å². The zero-order valence-electron chi connectivity index (χ0n) is 16.9. The van der Waals surface area contributed by atoms with Gasteiger partial charge in [-0.05, 0) is 29.7 Å². The number of nitrogens with one attached hydrogen (secondary N) is 2. The minimum Gasteiger partial charge on any atom is -0.386 e. The van der Waals surface area contributed by atoms with Crippen LogP contribution in [0.15, 0.2) is 64.2 Å². The molecular weight excluding hydrogens is 527 g/mol. The second-order valence-corrected chi connectivity index (χ2v) is 7.68. The second kappa shape index (κ2) is 11.2. The third-order valence-corrected chi connectivity index (χ3v) is 5.67. The van der Waals surface area contributed by atoms with Gasteiger partial charge in [-0.3, -0.25) is 9.98 Å². The molecule has 0 aliphatic rings. The zero-order chi connectivity index (χ0) is 20.8. The molecule has 0 saturated carbocycles. The molecule has 0 amide bonds. The van der Waals surface area contributed by atoms with Crippen LogP contribution in [0.2, 0.25) is 0 Å². The summed E-state index contributed by atoms with van der Waals surface area (Å²) in [6.07, 6.45) is 1.64. The number of halogens is 1. The fourth-order valence-electron chi connectivity index (χ4n) is 2.92. The molecule has 0 radical (unpaired) electrons. The average molecular weight is 550 g/mol. The SMILES string of the molecule is CN=C(NCCc1noc(-c2ccccn2)n1)NCC(O)c1cc2ccccc2s1.I. The highest BCUT2D eigenvalue weighted by Gasteiger charge is 2.13. The van der Waals surface area contributed by atoms with Crippen LogP contribution in [0.3, 0.4) is 0 Å². The summed E-state index contributed by atoms with van der Waals surface area (Å²) in [7, 11) is 1.69. The van der Waals surface area contributed by atoms with Gasteiger partial charge in [0, 0.05) is 42.3 Å². The van der Waals surface area contributed by atoms with E-state index in [2.05, 4.69) is 36.8 Å². The van der Waals surface area contributed by atoms with E-state index >= 15 is 0 Å². The van der Waals surface area contributed by atoms with E-state index in [1.165, 1.54) is 4.70 Å². The van der Waals surface area contributed by atoms with E-state index < -0.39 is 6.10 Å². The predicted octanol–water partition coefficient (Wildman–Crippen LogP) is 3.41. The molecule has 0 saturated heterocycles. The maximum absolute atomic E-state index is 10.5. The van der Waals surface area contributed by atoms with Crippen molar-refractivity contribution in [1.29, 1.82) is 0 Å². The summed E-state index contributed by atoms with van der Waals surface area (Å²) in [5.41, 5.74) is 0.650. The lowest BCUT2D eigenvalue weighted by molar-refractivity contribution is 0.184. The van der Waals surface area contributed by atoms with Crippen molar-refractivity contribution in [2.75, 3.05) is 20.1 Å². The number of hydrogen-bond acceptors (Lipinski definition) is 7. The Balaban J connectivity index is 0.00000272. The number of fused-ring (bicyclic) bond motifs is 1. The first kappa shape index (κ1) is 23.1. The number of rotatable bonds is 7. The Morgan fingerprint density at radius 3 is 2.81 bits per heavy atom. The number of hydrogen-bond donors (Lipinski definition) is 3. The molecule has 162 valence electrons. The molecule has 3 N–H and O–H groups in total. The Morgan fingerprint density at radius 2 is 2.03 bits per heavy atom. The molecule has 8 nitrogen and oxygen atoms in total. The minimum atomic E-state index is -0.612. The van der Waals surface area contributed by atoms with Crippen LogP contribution < -0.4 is 10.6 Å². The van der Waals surface area contributed by atoms with Gasteiger partial charge in [0.2, 0.25) is 0 Å². The molecule has 1 atom stereocenters.